The third-order valence-corrected chi connectivity index (χ3v) is 4.13. The molecule has 1 heterocycles. The number of benzene rings is 2. The average Bonchev–Trinajstić information content (AvgIpc) is 2.53. The number of fused-ring (bicyclic) bond motifs is 1. The van der Waals surface area contributed by atoms with Crippen molar-refractivity contribution in [3.63, 3.8) is 0 Å². The molecule has 0 amide bonds. The number of rotatable bonds is 5. The highest BCUT2D eigenvalue weighted by atomic mass is 35.5. The summed E-state index contributed by atoms with van der Waals surface area (Å²) in [6.45, 7) is 0.616. The molecular formula is C16H13ClN2OS. The molecule has 0 saturated carbocycles. The highest BCUT2D eigenvalue weighted by molar-refractivity contribution is 7.99. The first-order valence-electron chi connectivity index (χ1n) is 6.54. The Morgan fingerprint density at radius 2 is 1.81 bits per heavy atom. The Kier molecular flexibility index (Phi) is 4.58. The molecule has 3 nitrogen and oxygen atoms in total. The van der Waals surface area contributed by atoms with Crippen molar-refractivity contribution < 1.29 is 4.74 Å². The van der Waals surface area contributed by atoms with E-state index in [2.05, 4.69) is 9.97 Å². The molecule has 3 rings (SSSR count). The van der Waals surface area contributed by atoms with Gasteiger partial charge in [-0.25, -0.2) is 9.97 Å². The van der Waals surface area contributed by atoms with Gasteiger partial charge in [-0.3, -0.25) is 0 Å². The molecule has 0 aliphatic carbocycles. The van der Waals surface area contributed by atoms with Crippen LogP contribution in [0.3, 0.4) is 0 Å². The maximum atomic E-state index is 5.83. The summed E-state index contributed by atoms with van der Waals surface area (Å²) in [6, 6.07) is 15.4. The molecule has 0 N–H and O–H groups in total. The molecule has 2 aromatic carbocycles. The van der Waals surface area contributed by atoms with E-state index in [1.807, 2.05) is 48.5 Å². The molecule has 0 radical (unpaired) electrons. The Hall–Kier alpha value is -1.78. The van der Waals surface area contributed by atoms with E-state index in [4.69, 9.17) is 16.3 Å². The molecule has 0 spiro atoms. The number of aromatic nitrogens is 2. The van der Waals surface area contributed by atoms with Gasteiger partial charge in [0.15, 0.2) is 0 Å². The van der Waals surface area contributed by atoms with E-state index in [1.165, 1.54) is 0 Å². The van der Waals surface area contributed by atoms with Crippen LogP contribution in [0.2, 0.25) is 5.02 Å². The Morgan fingerprint density at radius 1 is 1.00 bits per heavy atom. The van der Waals surface area contributed by atoms with Gasteiger partial charge in [0.05, 0.1) is 12.1 Å². The zero-order valence-corrected chi connectivity index (χ0v) is 12.8. The van der Waals surface area contributed by atoms with Crippen molar-refractivity contribution in [1.29, 1.82) is 0 Å². The SMILES string of the molecule is Clc1ccc(OCCSc2ncnc3ccccc23)cc1. The van der Waals surface area contributed by atoms with Crippen LogP contribution in [0.5, 0.6) is 5.75 Å². The molecule has 0 fully saturated rings. The first-order valence-corrected chi connectivity index (χ1v) is 7.90. The second kappa shape index (κ2) is 6.78. The van der Waals surface area contributed by atoms with E-state index in [0.717, 1.165) is 27.4 Å². The van der Waals surface area contributed by atoms with Crippen molar-refractivity contribution in [2.45, 2.75) is 5.03 Å². The summed E-state index contributed by atoms with van der Waals surface area (Å²) in [6.07, 6.45) is 1.60. The largest absolute Gasteiger partial charge is 0.493 e. The zero-order valence-electron chi connectivity index (χ0n) is 11.2. The summed E-state index contributed by atoms with van der Waals surface area (Å²) in [5.74, 6) is 1.65. The molecule has 21 heavy (non-hydrogen) atoms. The number of thioether (sulfide) groups is 1. The number of ether oxygens (including phenoxy) is 1. The predicted molar refractivity (Wildman–Crippen MR) is 87.2 cm³/mol. The van der Waals surface area contributed by atoms with Crippen LogP contribution >= 0.6 is 23.4 Å². The second-order valence-corrected chi connectivity index (χ2v) is 5.87. The number of halogens is 1. The topological polar surface area (TPSA) is 35.0 Å². The van der Waals surface area contributed by atoms with E-state index >= 15 is 0 Å². The van der Waals surface area contributed by atoms with E-state index in [0.29, 0.717) is 11.6 Å². The molecule has 0 saturated heterocycles. The summed E-state index contributed by atoms with van der Waals surface area (Å²) < 4.78 is 5.67. The molecule has 0 unspecified atom stereocenters. The van der Waals surface area contributed by atoms with E-state index < -0.39 is 0 Å². The average molecular weight is 317 g/mol. The Balaban J connectivity index is 1.58. The summed E-state index contributed by atoms with van der Waals surface area (Å²) in [4.78, 5) is 8.60. The van der Waals surface area contributed by atoms with Gasteiger partial charge in [-0.15, -0.1) is 11.8 Å². The van der Waals surface area contributed by atoms with Crippen LogP contribution in [-0.2, 0) is 0 Å². The lowest BCUT2D eigenvalue weighted by atomic mass is 10.2. The van der Waals surface area contributed by atoms with Gasteiger partial charge in [-0.1, -0.05) is 29.8 Å². The Morgan fingerprint density at radius 3 is 2.67 bits per heavy atom. The Bertz CT molecular complexity index is 728. The monoisotopic (exact) mass is 316 g/mol. The van der Waals surface area contributed by atoms with Crippen LogP contribution in [0.1, 0.15) is 0 Å². The highest BCUT2D eigenvalue weighted by Gasteiger charge is 2.03. The fraction of sp³-hybridized carbons (Fsp3) is 0.125. The predicted octanol–water partition coefficient (Wildman–Crippen LogP) is 4.45. The van der Waals surface area contributed by atoms with Gasteiger partial charge in [0.25, 0.3) is 0 Å². The summed E-state index contributed by atoms with van der Waals surface area (Å²) in [7, 11) is 0. The molecule has 1 aromatic heterocycles. The van der Waals surface area contributed by atoms with Crippen molar-refractivity contribution >= 4 is 34.3 Å². The third-order valence-electron chi connectivity index (χ3n) is 2.91. The van der Waals surface area contributed by atoms with Crippen LogP contribution in [0, 0.1) is 0 Å². The molecule has 106 valence electrons. The van der Waals surface area contributed by atoms with Gasteiger partial charge >= 0.3 is 0 Å². The molecule has 3 aromatic rings. The lowest BCUT2D eigenvalue weighted by Crippen LogP contribution is -2.00. The van der Waals surface area contributed by atoms with Gasteiger partial charge in [0.1, 0.15) is 17.1 Å². The number of hydrogen-bond donors (Lipinski definition) is 0. The van der Waals surface area contributed by atoms with E-state index in [1.54, 1.807) is 18.1 Å². The van der Waals surface area contributed by atoms with E-state index in [-0.39, 0.29) is 0 Å². The van der Waals surface area contributed by atoms with Gasteiger partial charge in [0.2, 0.25) is 0 Å². The Labute approximate surface area is 132 Å². The molecule has 0 aliphatic heterocycles. The fourth-order valence-corrected chi connectivity index (χ4v) is 2.86. The van der Waals surface area contributed by atoms with Gasteiger partial charge in [0, 0.05) is 16.2 Å². The zero-order chi connectivity index (χ0) is 14.5. The van der Waals surface area contributed by atoms with Crippen LogP contribution in [-0.4, -0.2) is 22.3 Å². The van der Waals surface area contributed by atoms with Crippen molar-refractivity contribution in [2.75, 3.05) is 12.4 Å². The van der Waals surface area contributed by atoms with Crippen molar-refractivity contribution in [1.82, 2.24) is 9.97 Å². The standard InChI is InChI=1S/C16H13ClN2OS/c17-12-5-7-13(8-6-12)20-9-10-21-16-14-3-1-2-4-15(14)18-11-19-16/h1-8,11H,9-10H2. The van der Waals surface area contributed by atoms with E-state index in [9.17, 15) is 0 Å². The maximum Gasteiger partial charge on any atom is 0.119 e. The van der Waals surface area contributed by atoms with Gasteiger partial charge in [-0.05, 0) is 30.3 Å². The highest BCUT2D eigenvalue weighted by Crippen LogP contribution is 2.24. The van der Waals surface area contributed by atoms with Crippen molar-refractivity contribution in [3.8, 4) is 5.75 Å². The maximum absolute atomic E-state index is 5.83. The molecule has 0 bridgehead atoms. The van der Waals surface area contributed by atoms with Crippen molar-refractivity contribution in [2.24, 2.45) is 0 Å². The summed E-state index contributed by atoms with van der Waals surface area (Å²) in [5, 5.41) is 2.78. The third kappa shape index (κ3) is 3.65. The van der Waals surface area contributed by atoms with Crippen molar-refractivity contribution in [3.05, 3.63) is 59.9 Å². The normalized spacial score (nSPS) is 10.7. The smallest absolute Gasteiger partial charge is 0.119 e. The first kappa shape index (κ1) is 14.2. The minimum absolute atomic E-state index is 0.616. The second-order valence-electron chi connectivity index (χ2n) is 4.35. The van der Waals surface area contributed by atoms with Crippen LogP contribution in [0.25, 0.3) is 10.9 Å². The summed E-state index contributed by atoms with van der Waals surface area (Å²) in [5.41, 5.74) is 0.966. The molecule has 5 heteroatoms. The minimum Gasteiger partial charge on any atom is -0.493 e. The number of nitrogens with zero attached hydrogens (tertiary/aromatic N) is 2. The number of para-hydroxylation sites is 1. The molecule has 0 atom stereocenters. The molecule has 0 aliphatic rings. The summed E-state index contributed by atoms with van der Waals surface area (Å²) >= 11 is 7.50. The number of hydrogen-bond acceptors (Lipinski definition) is 4. The quantitative estimate of drug-likeness (QED) is 0.395. The molecular weight excluding hydrogens is 304 g/mol. The lowest BCUT2D eigenvalue weighted by molar-refractivity contribution is 0.344. The van der Waals surface area contributed by atoms with Crippen LogP contribution in [0.4, 0.5) is 0 Å². The van der Waals surface area contributed by atoms with Gasteiger partial charge in [-0.2, -0.15) is 0 Å². The minimum atomic E-state index is 0.616. The van der Waals surface area contributed by atoms with Gasteiger partial charge < -0.3 is 4.74 Å². The first-order chi connectivity index (χ1) is 10.3. The fourth-order valence-electron chi connectivity index (χ4n) is 1.92. The van der Waals surface area contributed by atoms with Crippen LogP contribution < -0.4 is 4.74 Å². The lowest BCUT2D eigenvalue weighted by Gasteiger charge is -2.07. The van der Waals surface area contributed by atoms with Crippen LogP contribution in [0.15, 0.2) is 59.9 Å².